The topological polar surface area (TPSA) is 46.5 Å². The van der Waals surface area contributed by atoms with E-state index in [1.807, 2.05) is 0 Å². The summed E-state index contributed by atoms with van der Waals surface area (Å²) in [5.41, 5.74) is 0.274. The Morgan fingerprint density at radius 3 is 2.67 bits per heavy atom. The van der Waals surface area contributed by atoms with Crippen molar-refractivity contribution in [2.75, 3.05) is 6.61 Å². The van der Waals surface area contributed by atoms with E-state index in [1.165, 1.54) is 25.7 Å². The first-order chi connectivity index (χ1) is 8.65. The van der Waals surface area contributed by atoms with Gasteiger partial charge in [-0.15, -0.1) is 0 Å². The normalized spacial score (nSPS) is 10.3. The monoisotopic (exact) mass is 362 g/mol. The number of aromatic carboxylic acids is 1. The van der Waals surface area contributed by atoms with Gasteiger partial charge in [0.1, 0.15) is 5.75 Å². The lowest BCUT2D eigenvalue weighted by Gasteiger charge is -2.09. The number of rotatable bonds is 8. The van der Waals surface area contributed by atoms with Gasteiger partial charge in [-0.2, -0.15) is 0 Å². The Hall–Kier alpha value is -0.780. The average Bonchev–Trinajstić information content (AvgIpc) is 2.35. The SMILES string of the molecule is CCCCCCCOc1cc(C(=O)O)ccc1I. The zero-order valence-electron chi connectivity index (χ0n) is 10.6. The number of ether oxygens (including phenoxy) is 1. The van der Waals surface area contributed by atoms with Gasteiger partial charge in [0, 0.05) is 0 Å². The summed E-state index contributed by atoms with van der Waals surface area (Å²) in [7, 11) is 0. The van der Waals surface area contributed by atoms with Crippen LogP contribution >= 0.6 is 22.6 Å². The van der Waals surface area contributed by atoms with Gasteiger partial charge in [0.05, 0.1) is 15.7 Å². The van der Waals surface area contributed by atoms with E-state index in [9.17, 15) is 4.79 Å². The second-order valence-corrected chi connectivity index (χ2v) is 5.38. The molecular weight excluding hydrogens is 343 g/mol. The van der Waals surface area contributed by atoms with Crippen LogP contribution in [-0.2, 0) is 0 Å². The van der Waals surface area contributed by atoms with Crippen molar-refractivity contribution in [2.24, 2.45) is 0 Å². The second-order valence-electron chi connectivity index (χ2n) is 4.21. The van der Waals surface area contributed by atoms with Crippen LogP contribution in [0.5, 0.6) is 5.75 Å². The van der Waals surface area contributed by atoms with Gasteiger partial charge < -0.3 is 9.84 Å². The summed E-state index contributed by atoms with van der Waals surface area (Å²) >= 11 is 2.16. The maximum absolute atomic E-state index is 10.9. The standard InChI is InChI=1S/C14H19IO3/c1-2-3-4-5-6-9-18-13-10-11(14(16)17)7-8-12(13)15/h7-8,10H,2-6,9H2,1H3,(H,16,17). The molecule has 4 heteroatoms. The number of carboxylic acid groups (broad SMARTS) is 1. The molecule has 0 bridgehead atoms. The van der Waals surface area contributed by atoms with E-state index in [1.54, 1.807) is 18.2 Å². The molecule has 1 aromatic carbocycles. The molecule has 0 saturated carbocycles. The third-order valence-corrected chi connectivity index (χ3v) is 3.57. The maximum Gasteiger partial charge on any atom is 0.335 e. The molecule has 0 fully saturated rings. The summed E-state index contributed by atoms with van der Waals surface area (Å²) in [6.45, 7) is 2.85. The Morgan fingerprint density at radius 2 is 2.00 bits per heavy atom. The molecule has 0 heterocycles. The van der Waals surface area contributed by atoms with Gasteiger partial charge in [-0.3, -0.25) is 0 Å². The van der Waals surface area contributed by atoms with Crippen LogP contribution in [0.1, 0.15) is 49.4 Å². The Labute approximate surface area is 122 Å². The van der Waals surface area contributed by atoms with E-state index in [0.717, 1.165) is 9.99 Å². The molecule has 0 atom stereocenters. The fourth-order valence-corrected chi connectivity index (χ4v) is 2.13. The van der Waals surface area contributed by atoms with E-state index in [-0.39, 0.29) is 5.56 Å². The first-order valence-corrected chi connectivity index (χ1v) is 7.38. The Balaban J connectivity index is 2.41. The van der Waals surface area contributed by atoms with E-state index in [0.29, 0.717) is 12.4 Å². The van der Waals surface area contributed by atoms with Crippen LogP contribution in [0.25, 0.3) is 0 Å². The minimum absolute atomic E-state index is 0.274. The van der Waals surface area contributed by atoms with Gasteiger partial charge in [0.25, 0.3) is 0 Å². The summed E-state index contributed by atoms with van der Waals surface area (Å²) in [4.78, 5) is 10.9. The van der Waals surface area contributed by atoms with Crippen molar-refractivity contribution >= 4 is 28.6 Å². The quantitative estimate of drug-likeness (QED) is 0.553. The van der Waals surface area contributed by atoms with Crippen LogP contribution in [0.4, 0.5) is 0 Å². The lowest BCUT2D eigenvalue weighted by molar-refractivity contribution is 0.0696. The second kappa shape index (κ2) is 8.34. The molecule has 100 valence electrons. The molecule has 0 aliphatic heterocycles. The summed E-state index contributed by atoms with van der Waals surface area (Å²) in [5, 5.41) is 8.91. The highest BCUT2D eigenvalue weighted by Gasteiger charge is 2.07. The zero-order chi connectivity index (χ0) is 13.4. The Bertz CT molecular complexity index is 391. The predicted octanol–water partition coefficient (Wildman–Crippen LogP) is 4.34. The van der Waals surface area contributed by atoms with Gasteiger partial charge in [0.2, 0.25) is 0 Å². The highest BCUT2D eigenvalue weighted by Crippen LogP contribution is 2.22. The number of halogens is 1. The first-order valence-electron chi connectivity index (χ1n) is 6.30. The van der Waals surface area contributed by atoms with Crippen molar-refractivity contribution in [1.29, 1.82) is 0 Å². The lowest BCUT2D eigenvalue weighted by Crippen LogP contribution is -2.02. The van der Waals surface area contributed by atoms with Crippen molar-refractivity contribution < 1.29 is 14.6 Å². The molecule has 0 radical (unpaired) electrons. The Kier molecular flexibility index (Phi) is 7.08. The summed E-state index contributed by atoms with van der Waals surface area (Å²) < 4.78 is 6.59. The van der Waals surface area contributed by atoms with Gasteiger partial charge in [-0.1, -0.05) is 32.6 Å². The third kappa shape index (κ3) is 5.25. The highest BCUT2D eigenvalue weighted by molar-refractivity contribution is 14.1. The molecule has 1 aromatic rings. The van der Waals surface area contributed by atoms with Crippen LogP contribution in [0.15, 0.2) is 18.2 Å². The van der Waals surface area contributed by atoms with Gasteiger partial charge in [-0.05, 0) is 47.2 Å². The van der Waals surface area contributed by atoms with E-state index in [4.69, 9.17) is 9.84 Å². The molecule has 1 N–H and O–H groups in total. The van der Waals surface area contributed by atoms with Crippen LogP contribution in [0, 0.1) is 3.57 Å². The molecule has 0 aliphatic carbocycles. The van der Waals surface area contributed by atoms with Gasteiger partial charge in [0.15, 0.2) is 0 Å². The fourth-order valence-electron chi connectivity index (χ4n) is 1.63. The summed E-state index contributed by atoms with van der Waals surface area (Å²) in [6.07, 6.45) is 5.94. The summed E-state index contributed by atoms with van der Waals surface area (Å²) in [5.74, 6) is -0.245. The highest BCUT2D eigenvalue weighted by atomic mass is 127. The molecule has 0 aliphatic rings. The van der Waals surface area contributed by atoms with Crippen molar-refractivity contribution in [2.45, 2.75) is 39.0 Å². The Morgan fingerprint density at radius 1 is 1.28 bits per heavy atom. The van der Waals surface area contributed by atoms with Crippen LogP contribution < -0.4 is 4.74 Å². The number of unbranched alkanes of at least 4 members (excludes halogenated alkanes) is 4. The van der Waals surface area contributed by atoms with Crippen molar-refractivity contribution in [3.05, 3.63) is 27.3 Å². The van der Waals surface area contributed by atoms with Crippen LogP contribution in [-0.4, -0.2) is 17.7 Å². The van der Waals surface area contributed by atoms with Crippen molar-refractivity contribution in [3.63, 3.8) is 0 Å². The van der Waals surface area contributed by atoms with Gasteiger partial charge >= 0.3 is 5.97 Å². The molecule has 0 spiro atoms. The number of hydrogen-bond donors (Lipinski definition) is 1. The van der Waals surface area contributed by atoms with E-state index < -0.39 is 5.97 Å². The fraction of sp³-hybridized carbons (Fsp3) is 0.500. The average molecular weight is 362 g/mol. The number of carbonyl (C=O) groups is 1. The molecule has 0 amide bonds. The van der Waals surface area contributed by atoms with Crippen LogP contribution in [0.2, 0.25) is 0 Å². The zero-order valence-corrected chi connectivity index (χ0v) is 12.8. The lowest BCUT2D eigenvalue weighted by atomic mass is 10.2. The first kappa shape index (κ1) is 15.3. The minimum atomic E-state index is -0.917. The minimum Gasteiger partial charge on any atom is -0.492 e. The van der Waals surface area contributed by atoms with Gasteiger partial charge in [-0.25, -0.2) is 4.79 Å². The van der Waals surface area contributed by atoms with Crippen molar-refractivity contribution in [3.8, 4) is 5.75 Å². The maximum atomic E-state index is 10.9. The predicted molar refractivity (Wildman–Crippen MR) is 80.4 cm³/mol. The number of benzene rings is 1. The molecule has 0 aromatic heterocycles. The van der Waals surface area contributed by atoms with E-state index >= 15 is 0 Å². The van der Waals surface area contributed by atoms with Crippen LogP contribution in [0.3, 0.4) is 0 Å². The molecule has 1 rings (SSSR count). The molecule has 0 unspecified atom stereocenters. The third-order valence-electron chi connectivity index (χ3n) is 2.68. The smallest absolute Gasteiger partial charge is 0.335 e. The number of carboxylic acids is 1. The molecule has 18 heavy (non-hydrogen) atoms. The molecule has 0 saturated heterocycles. The molecular formula is C14H19IO3. The number of hydrogen-bond acceptors (Lipinski definition) is 2. The van der Waals surface area contributed by atoms with Crippen molar-refractivity contribution in [1.82, 2.24) is 0 Å². The summed E-state index contributed by atoms with van der Waals surface area (Å²) in [6, 6.07) is 4.96. The largest absolute Gasteiger partial charge is 0.492 e. The van der Waals surface area contributed by atoms with E-state index in [2.05, 4.69) is 29.5 Å². The molecule has 3 nitrogen and oxygen atoms in total.